The van der Waals surface area contributed by atoms with Crippen molar-refractivity contribution in [3.63, 3.8) is 0 Å². The predicted octanol–water partition coefficient (Wildman–Crippen LogP) is 3.56. The summed E-state index contributed by atoms with van der Waals surface area (Å²) in [5.41, 5.74) is 10.6. The second-order valence-corrected chi connectivity index (χ2v) is 6.05. The van der Waals surface area contributed by atoms with Crippen molar-refractivity contribution >= 4 is 21.6 Å². The second kappa shape index (κ2) is 5.46. The first-order valence-electron chi connectivity index (χ1n) is 6.58. The van der Waals surface area contributed by atoms with E-state index in [0.29, 0.717) is 0 Å². The maximum Gasteiger partial charge on any atom is 0.123 e. The molecule has 0 bridgehead atoms. The summed E-state index contributed by atoms with van der Waals surface area (Å²) in [5, 5.41) is 0. The Morgan fingerprint density at radius 1 is 1.15 bits per heavy atom. The van der Waals surface area contributed by atoms with Crippen molar-refractivity contribution < 1.29 is 4.74 Å². The summed E-state index contributed by atoms with van der Waals surface area (Å²) in [4.78, 5) is 2.40. The summed E-state index contributed by atoms with van der Waals surface area (Å²) < 4.78 is 6.52. The molecule has 0 amide bonds. The number of ether oxygens (including phenoxy) is 1. The fourth-order valence-corrected chi connectivity index (χ4v) is 3.12. The van der Waals surface area contributed by atoms with Gasteiger partial charge in [-0.3, -0.25) is 4.90 Å². The summed E-state index contributed by atoms with van der Waals surface area (Å²) in [6, 6.07) is 12.3. The van der Waals surface area contributed by atoms with Gasteiger partial charge in [-0.05, 0) is 41.5 Å². The number of rotatable bonds is 3. The normalized spacial score (nSPS) is 14.3. The molecule has 1 aliphatic heterocycles. The Hall–Kier alpha value is -1.52. The molecule has 3 rings (SSSR count). The largest absolute Gasteiger partial charge is 0.496 e. The molecule has 0 unspecified atom stereocenters. The summed E-state index contributed by atoms with van der Waals surface area (Å²) in [5.74, 6) is 0.934. The van der Waals surface area contributed by atoms with Crippen molar-refractivity contribution in [2.24, 2.45) is 0 Å². The highest BCUT2D eigenvalue weighted by molar-refractivity contribution is 9.10. The van der Waals surface area contributed by atoms with Crippen LogP contribution in [-0.4, -0.2) is 12.0 Å². The van der Waals surface area contributed by atoms with Crippen LogP contribution in [-0.2, 0) is 19.6 Å². The summed E-state index contributed by atoms with van der Waals surface area (Å²) in [7, 11) is 1.71. The molecule has 0 fully saturated rings. The number of anilines is 1. The Labute approximate surface area is 127 Å². The van der Waals surface area contributed by atoms with Gasteiger partial charge in [-0.1, -0.05) is 22.0 Å². The van der Waals surface area contributed by atoms with Crippen molar-refractivity contribution in [1.82, 2.24) is 4.90 Å². The number of hydrogen-bond acceptors (Lipinski definition) is 3. The van der Waals surface area contributed by atoms with Gasteiger partial charge in [0.15, 0.2) is 0 Å². The molecule has 0 aliphatic carbocycles. The van der Waals surface area contributed by atoms with E-state index in [-0.39, 0.29) is 0 Å². The monoisotopic (exact) mass is 332 g/mol. The number of fused-ring (bicyclic) bond motifs is 1. The van der Waals surface area contributed by atoms with Crippen LogP contribution in [0.2, 0.25) is 0 Å². The minimum absolute atomic E-state index is 0.839. The molecule has 2 N–H and O–H groups in total. The number of nitrogen functional groups attached to an aromatic ring is 1. The van der Waals surface area contributed by atoms with E-state index in [1.54, 1.807) is 7.11 Å². The van der Waals surface area contributed by atoms with E-state index in [0.717, 1.165) is 35.5 Å². The topological polar surface area (TPSA) is 38.5 Å². The van der Waals surface area contributed by atoms with Crippen molar-refractivity contribution in [1.29, 1.82) is 0 Å². The third-order valence-electron chi connectivity index (χ3n) is 3.65. The predicted molar refractivity (Wildman–Crippen MR) is 84.5 cm³/mol. The van der Waals surface area contributed by atoms with Crippen LogP contribution in [0.25, 0.3) is 0 Å². The first-order chi connectivity index (χ1) is 9.65. The molecule has 0 saturated heterocycles. The lowest BCUT2D eigenvalue weighted by Gasteiger charge is -2.17. The van der Waals surface area contributed by atoms with Crippen LogP contribution in [0.3, 0.4) is 0 Å². The Balaban J connectivity index is 1.79. The maximum atomic E-state index is 5.85. The van der Waals surface area contributed by atoms with Crippen molar-refractivity contribution in [3.05, 3.63) is 57.6 Å². The average molecular weight is 333 g/mol. The van der Waals surface area contributed by atoms with E-state index in [1.165, 1.54) is 16.7 Å². The van der Waals surface area contributed by atoms with Gasteiger partial charge >= 0.3 is 0 Å². The molecule has 104 valence electrons. The summed E-state index contributed by atoms with van der Waals surface area (Å²) in [6.07, 6.45) is 0. The van der Waals surface area contributed by atoms with E-state index in [2.05, 4.69) is 39.0 Å². The highest BCUT2D eigenvalue weighted by Crippen LogP contribution is 2.29. The van der Waals surface area contributed by atoms with Crippen LogP contribution in [0.15, 0.2) is 40.9 Å². The maximum absolute atomic E-state index is 5.85. The molecular formula is C16H17BrN2O. The fraction of sp³-hybridized carbons (Fsp3) is 0.250. The van der Waals surface area contributed by atoms with Gasteiger partial charge in [0, 0.05) is 35.4 Å². The van der Waals surface area contributed by atoms with Gasteiger partial charge < -0.3 is 10.5 Å². The lowest BCUT2D eigenvalue weighted by Crippen LogP contribution is -2.16. The molecule has 3 nitrogen and oxygen atoms in total. The van der Waals surface area contributed by atoms with Crippen LogP contribution >= 0.6 is 15.9 Å². The smallest absolute Gasteiger partial charge is 0.123 e. The van der Waals surface area contributed by atoms with Crippen molar-refractivity contribution in [2.45, 2.75) is 19.6 Å². The van der Waals surface area contributed by atoms with Gasteiger partial charge in [0.05, 0.1) is 7.11 Å². The molecule has 20 heavy (non-hydrogen) atoms. The quantitative estimate of drug-likeness (QED) is 0.873. The van der Waals surface area contributed by atoms with E-state index < -0.39 is 0 Å². The highest BCUT2D eigenvalue weighted by atomic mass is 79.9. The molecule has 4 heteroatoms. The summed E-state index contributed by atoms with van der Waals surface area (Å²) in [6.45, 7) is 2.78. The Morgan fingerprint density at radius 2 is 1.95 bits per heavy atom. The lowest BCUT2D eigenvalue weighted by molar-refractivity contribution is 0.270. The van der Waals surface area contributed by atoms with E-state index in [9.17, 15) is 0 Å². The molecule has 2 aromatic carbocycles. The third-order valence-corrected chi connectivity index (χ3v) is 4.15. The first-order valence-corrected chi connectivity index (χ1v) is 7.37. The number of nitrogens with two attached hydrogens (primary N) is 1. The SMILES string of the molecule is COc1ccc(Br)cc1CN1Cc2ccc(N)cc2C1. The Kier molecular flexibility index (Phi) is 3.68. The van der Waals surface area contributed by atoms with E-state index in [4.69, 9.17) is 10.5 Å². The van der Waals surface area contributed by atoms with Gasteiger partial charge in [-0.2, -0.15) is 0 Å². The van der Waals surface area contributed by atoms with Gasteiger partial charge in [-0.15, -0.1) is 0 Å². The minimum atomic E-state index is 0.839. The molecular weight excluding hydrogens is 316 g/mol. The molecule has 2 aromatic rings. The zero-order valence-corrected chi connectivity index (χ0v) is 13.0. The lowest BCUT2D eigenvalue weighted by atomic mass is 10.1. The number of benzene rings is 2. The van der Waals surface area contributed by atoms with Crippen LogP contribution in [0.1, 0.15) is 16.7 Å². The van der Waals surface area contributed by atoms with Gasteiger partial charge in [0.2, 0.25) is 0 Å². The van der Waals surface area contributed by atoms with Crippen LogP contribution in [0.5, 0.6) is 5.75 Å². The van der Waals surface area contributed by atoms with E-state index in [1.807, 2.05) is 18.2 Å². The van der Waals surface area contributed by atoms with Crippen LogP contribution < -0.4 is 10.5 Å². The Bertz CT molecular complexity index is 642. The molecule has 1 heterocycles. The fourth-order valence-electron chi connectivity index (χ4n) is 2.71. The van der Waals surface area contributed by atoms with Gasteiger partial charge in [0.1, 0.15) is 5.75 Å². The second-order valence-electron chi connectivity index (χ2n) is 5.13. The molecule has 0 saturated carbocycles. The number of hydrogen-bond donors (Lipinski definition) is 1. The average Bonchev–Trinajstić information content (AvgIpc) is 2.80. The molecule has 1 aliphatic rings. The number of nitrogens with zero attached hydrogens (tertiary/aromatic N) is 1. The number of halogens is 1. The summed E-state index contributed by atoms with van der Waals surface area (Å²) >= 11 is 3.52. The van der Waals surface area contributed by atoms with Gasteiger partial charge in [0.25, 0.3) is 0 Å². The molecule has 0 radical (unpaired) electrons. The van der Waals surface area contributed by atoms with E-state index >= 15 is 0 Å². The Morgan fingerprint density at radius 3 is 2.75 bits per heavy atom. The molecule has 0 aromatic heterocycles. The van der Waals surface area contributed by atoms with Crippen LogP contribution in [0.4, 0.5) is 5.69 Å². The zero-order chi connectivity index (χ0) is 14.1. The third kappa shape index (κ3) is 2.67. The van der Waals surface area contributed by atoms with Gasteiger partial charge in [-0.25, -0.2) is 0 Å². The first kappa shape index (κ1) is 13.5. The van der Waals surface area contributed by atoms with Crippen molar-refractivity contribution in [2.75, 3.05) is 12.8 Å². The standard InChI is InChI=1S/C16H17BrN2O/c1-20-16-5-3-14(17)6-13(16)10-19-8-11-2-4-15(18)7-12(11)9-19/h2-7H,8-10,18H2,1H3. The minimum Gasteiger partial charge on any atom is -0.496 e. The number of methoxy groups -OCH3 is 1. The van der Waals surface area contributed by atoms with Crippen LogP contribution in [0, 0.1) is 0 Å². The van der Waals surface area contributed by atoms with Crippen molar-refractivity contribution in [3.8, 4) is 5.75 Å². The zero-order valence-electron chi connectivity index (χ0n) is 11.4. The molecule has 0 atom stereocenters. The highest BCUT2D eigenvalue weighted by Gasteiger charge is 2.20. The molecule has 0 spiro atoms.